The summed E-state index contributed by atoms with van der Waals surface area (Å²) in [6.45, 7) is 1.11. The molecule has 0 aromatic carbocycles. The lowest BCUT2D eigenvalue weighted by molar-refractivity contribution is -0.159. The van der Waals surface area contributed by atoms with Gasteiger partial charge < -0.3 is 14.9 Å². The molecule has 0 spiro atoms. The zero-order chi connectivity index (χ0) is 14.0. The van der Waals surface area contributed by atoms with Crippen LogP contribution in [0.25, 0.3) is 0 Å². The maximum atomic E-state index is 12.0. The highest BCUT2D eigenvalue weighted by atomic mass is 32.1. The molecular formula is C12H11NO5S. The second-order valence-corrected chi connectivity index (χ2v) is 4.73. The highest BCUT2D eigenvalue weighted by Gasteiger charge is 2.30. The Hall–Kier alpha value is -2.28. The summed E-state index contributed by atoms with van der Waals surface area (Å²) >= 11 is 1.25. The first-order valence-corrected chi connectivity index (χ1v) is 6.23. The molecule has 2 N–H and O–H groups in total. The predicted molar refractivity (Wildman–Crippen MR) is 67.0 cm³/mol. The summed E-state index contributed by atoms with van der Waals surface area (Å²) in [7, 11) is 0. The minimum atomic E-state index is -1.10. The number of nitrogens with zero attached hydrogens (tertiary/aromatic N) is 1. The highest BCUT2D eigenvalue weighted by Crippen LogP contribution is 2.33. The summed E-state index contributed by atoms with van der Waals surface area (Å²) < 4.78 is 5.55. The second kappa shape index (κ2) is 5.15. The largest absolute Gasteiger partial charge is 0.494 e. The van der Waals surface area contributed by atoms with Gasteiger partial charge in [-0.2, -0.15) is 0 Å². The molecule has 19 heavy (non-hydrogen) atoms. The standard InChI is InChI=1S/C12H11NO5S/c1-7(14)18-12(17)11(8-3-2-6-19-8)13-9(15)4-5-10(13)16/h2-6,11,15-16H,1H3. The van der Waals surface area contributed by atoms with E-state index in [1.165, 1.54) is 23.5 Å². The van der Waals surface area contributed by atoms with E-state index in [9.17, 15) is 19.8 Å². The van der Waals surface area contributed by atoms with Crippen molar-refractivity contribution < 1.29 is 24.5 Å². The van der Waals surface area contributed by atoms with Crippen molar-refractivity contribution in [2.24, 2.45) is 0 Å². The molecule has 0 aliphatic carbocycles. The lowest BCUT2D eigenvalue weighted by Crippen LogP contribution is -2.23. The average molecular weight is 281 g/mol. The summed E-state index contributed by atoms with van der Waals surface area (Å²) in [5.74, 6) is -2.21. The van der Waals surface area contributed by atoms with Crippen molar-refractivity contribution in [3.63, 3.8) is 0 Å². The van der Waals surface area contributed by atoms with Crippen LogP contribution >= 0.6 is 11.3 Å². The third-order valence-corrected chi connectivity index (χ3v) is 3.34. The number of carbonyl (C=O) groups is 2. The van der Waals surface area contributed by atoms with Crippen molar-refractivity contribution in [3.05, 3.63) is 34.5 Å². The van der Waals surface area contributed by atoms with E-state index >= 15 is 0 Å². The lowest BCUT2D eigenvalue weighted by Gasteiger charge is -2.17. The number of carbonyl (C=O) groups excluding carboxylic acids is 2. The normalized spacial score (nSPS) is 12.1. The minimum absolute atomic E-state index is 0.295. The van der Waals surface area contributed by atoms with Crippen LogP contribution in [0.5, 0.6) is 11.8 Å². The van der Waals surface area contributed by atoms with Crippen LogP contribution in [0.4, 0.5) is 0 Å². The van der Waals surface area contributed by atoms with Crippen LogP contribution in [0.15, 0.2) is 29.6 Å². The Bertz CT molecular complexity index is 582. The Morgan fingerprint density at radius 3 is 2.37 bits per heavy atom. The van der Waals surface area contributed by atoms with Crippen molar-refractivity contribution in [3.8, 4) is 11.8 Å². The van der Waals surface area contributed by atoms with Crippen molar-refractivity contribution in [1.29, 1.82) is 0 Å². The first-order chi connectivity index (χ1) is 9.00. The SMILES string of the molecule is CC(=O)OC(=O)C(c1cccs1)n1c(O)ccc1O. The van der Waals surface area contributed by atoms with Crippen LogP contribution in [0.2, 0.25) is 0 Å². The number of hydrogen-bond donors (Lipinski definition) is 2. The monoisotopic (exact) mass is 281 g/mol. The van der Waals surface area contributed by atoms with Crippen molar-refractivity contribution in [2.75, 3.05) is 0 Å². The van der Waals surface area contributed by atoms with Crippen molar-refractivity contribution >= 4 is 23.3 Å². The first kappa shape index (κ1) is 13.2. The van der Waals surface area contributed by atoms with E-state index in [-0.39, 0.29) is 11.8 Å². The van der Waals surface area contributed by atoms with Gasteiger partial charge in [0, 0.05) is 23.9 Å². The Morgan fingerprint density at radius 1 is 1.26 bits per heavy atom. The Balaban J connectivity index is 2.47. The molecule has 2 aromatic rings. The molecule has 2 heterocycles. The van der Waals surface area contributed by atoms with Gasteiger partial charge in [-0.3, -0.25) is 9.36 Å². The van der Waals surface area contributed by atoms with E-state index in [2.05, 4.69) is 4.74 Å². The molecule has 0 aliphatic heterocycles. The molecule has 0 radical (unpaired) electrons. The smallest absolute Gasteiger partial charge is 0.342 e. The van der Waals surface area contributed by atoms with Crippen molar-refractivity contribution in [1.82, 2.24) is 4.57 Å². The molecule has 0 saturated carbocycles. The third kappa shape index (κ3) is 2.60. The summed E-state index contributed by atoms with van der Waals surface area (Å²) in [5, 5.41) is 21.1. The molecule has 0 amide bonds. The van der Waals surface area contributed by atoms with Crippen LogP contribution in [0.1, 0.15) is 17.8 Å². The second-order valence-electron chi connectivity index (χ2n) is 3.75. The van der Waals surface area contributed by atoms with Gasteiger partial charge >= 0.3 is 11.9 Å². The predicted octanol–water partition coefficient (Wildman–Crippen LogP) is 1.64. The number of thiophene rings is 1. The van der Waals surface area contributed by atoms with Gasteiger partial charge in [-0.15, -0.1) is 11.3 Å². The molecule has 2 rings (SSSR count). The number of rotatable bonds is 3. The number of aromatic nitrogens is 1. The number of hydrogen-bond acceptors (Lipinski definition) is 6. The Morgan fingerprint density at radius 2 is 1.89 bits per heavy atom. The van der Waals surface area contributed by atoms with E-state index in [4.69, 9.17) is 0 Å². The lowest BCUT2D eigenvalue weighted by atomic mass is 10.2. The molecule has 6 nitrogen and oxygen atoms in total. The van der Waals surface area contributed by atoms with Gasteiger partial charge in [0.05, 0.1) is 0 Å². The van der Waals surface area contributed by atoms with Gasteiger partial charge in [0.1, 0.15) is 0 Å². The van der Waals surface area contributed by atoms with Gasteiger partial charge in [-0.1, -0.05) is 6.07 Å². The molecule has 0 bridgehead atoms. The molecular weight excluding hydrogens is 270 g/mol. The number of ether oxygens (including phenoxy) is 1. The third-order valence-electron chi connectivity index (χ3n) is 2.41. The summed E-state index contributed by atoms with van der Waals surface area (Å²) in [6, 6.07) is 4.76. The first-order valence-electron chi connectivity index (χ1n) is 5.35. The number of esters is 2. The van der Waals surface area contributed by atoms with Gasteiger partial charge in [0.2, 0.25) is 0 Å². The highest BCUT2D eigenvalue weighted by molar-refractivity contribution is 7.10. The van der Waals surface area contributed by atoms with E-state index < -0.39 is 18.0 Å². The summed E-state index contributed by atoms with van der Waals surface area (Å²) in [5.41, 5.74) is 0. The molecule has 2 aromatic heterocycles. The quantitative estimate of drug-likeness (QED) is 0.659. The molecule has 7 heteroatoms. The van der Waals surface area contributed by atoms with E-state index in [1.54, 1.807) is 17.5 Å². The zero-order valence-corrected chi connectivity index (χ0v) is 10.8. The van der Waals surface area contributed by atoms with Gasteiger partial charge in [-0.05, 0) is 11.4 Å². The van der Waals surface area contributed by atoms with Crippen LogP contribution in [-0.4, -0.2) is 26.7 Å². The van der Waals surface area contributed by atoms with Gasteiger partial charge in [-0.25, -0.2) is 4.79 Å². The van der Waals surface area contributed by atoms with E-state index in [0.29, 0.717) is 4.88 Å². The average Bonchev–Trinajstić information content (AvgIpc) is 2.93. The van der Waals surface area contributed by atoms with Crippen molar-refractivity contribution in [2.45, 2.75) is 13.0 Å². The molecule has 0 saturated heterocycles. The van der Waals surface area contributed by atoms with Gasteiger partial charge in [0.15, 0.2) is 17.8 Å². The maximum absolute atomic E-state index is 12.0. The molecule has 1 atom stereocenters. The molecule has 1 unspecified atom stereocenters. The molecule has 0 fully saturated rings. The van der Waals surface area contributed by atoms with Crippen LogP contribution < -0.4 is 0 Å². The van der Waals surface area contributed by atoms with Crippen LogP contribution in [0.3, 0.4) is 0 Å². The van der Waals surface area contributed by atoms with E-state index in [0.717, 1.165) is 11.5 Å². The van der Waals surface area contributed by atoms with Crippen LogP contribution in [-0.2, 0) is 14.3 Å². The van der Waals surface area contributed by atoms with E-state index in [1.807, 2.05) is 0 Å². The van der Waals surface area contributed by atoms with Crippen LogP contribution in [0, 0.1) is 0 Å². The molecule has 0 aliphatic rings. The molecule has 100 valence electrons. The number of aromatic hydroxyl groups is 2. The Labute approximate surface area is 112 Å². The maximum Gasteiger partial charge on any atom is 0.342 e. The van der Waals surface area contributed by atoms with Gasteiger partial charge in [0.25, 0.3) is 0 Å². The minimum Gasteiger partial charge on any atom is -0.494 e. The topological polar surface area (TPSA) is 88.8 Å². The zero-order valence-electron chi connectivity index (χ0n) is 9.94. The summed E-state index contributed by atoms with van der Waals surface area (Å²) in [4.78, 5) is 23.4. The fraction of sp³-hybridized carbons (Fsp3) is 0.167. The summed E-state index contributed by atoms with van der Waals surface area (Å²) in [6.07, 6.45) is 0. The Kier molecular flexibility index (Phi) is 3.57. The fourth-order valence-corrected chi connectivity index (χ4v) is 2.49. The fourth-order valence-electron chi connectivity index (χ4n) is 1.68.